The standard InChI is InChI=1S/C13H20N2O/c1-11-2-4-12(5-3-11)14-7-6-13-10-16-9-8-15-13/h2-5,13-15H,6-10H2,1H3. The van der Waals surface area contributed by atoms with Crippen LogP contribution in [0.3, 0.4) is 0 Å². The van der Waals surface area contributed by atoms with E-state index in [0.29, 0.717) is 6.04 Å². The molecule has 1 aromatic carbocycles. The third-order valence-electron chi connectivity index (χ3n) is 2.87. The van der Waals surface area contributed by atoms with Crippen molar-refractivity contribution in [3.8, 4) is 0 Å². The zero-order valence-electron chi connectivity index (χ0n) is 9.83. The Morgan fingerprint density at radius 3 is 2.88 bits per heavy atom. The molecule has 16 heavy (non-hydrogen) atoms. The zero-order valence-corrected chi connectivity index (χ0v) is 9.83. The van der Waals surface area contributed by atoms with Crippen LogP contribution in [0.5, 0.6) is 0 Å². The van der Waals surface area contributed by atoms with Gasteiger partial charge in [0.15, 0.2) is 0 Å². The highest BCUT2D eigenvalue weighted by Crippen LogP contribution is 2.09. The minimum atomic E-state index is 0.506. The Morgan fingerprint density at radius 1 is 1.38 bits per heavy atom. The van der Waals surface area contributed by atoms with Crippen molar-refractivity contribution in [3.63, 3.8) is 0 Å². The molecule has 1 atom stereocenters. The molecule has 88 valence electrons. The van der Waals surface area contributed by atoms with Crippen LogP contribution in [0.2, 0.25) is 0 Å². The Hall–Kier alpha value is -1.06. The maximum Gasteiger partial charge on any atom is 0.0620 e. The number of morpholine rings is 1. The molecule has 0 amide bonds. The van der Waals surface area contributed by atoms with Crippen LogP contribution >= 0.6 is 0 Å². The Labute approximate surface area is 97.2 Å². The van der Waals surface area contributed by atoms with Gasteiger partial charge in [-0.05, 0) is 25.5 Å². The second kappa shape index (κ2) is 5.87. The number of hydrogen-bond acceptors (Lipinski definition) is 3. The van der Waals surface area contributed by atoms with E-state index in [-0.39, 0.29) is 0 Å². The van der Waals surface area contributed by atoms with Gasteiger partial charge >= 0.3 is 0 Å². The van der Waals surface area contributed by atoms with E-state index in [9.17, 15) is 0 Å². The normalized spacial score (nSPS) is 20.7. The second-order valence-corrected chi connectivity index (χ2v) is 4.31. The summed E-state index contributed by atoms with van der Waals surface area (Å²) in [5.74, 6) is 0. The summed E-state index contributed by atoms with van der Waals surface area (Å²) in [7, 11) is 0. The molecule has 2 rings (SSSR count). The largest absolute Gasteiger partial charge is 0.385 e. The monoisotopic (exact) mass is 220 g/mol. The van der Waals surface area contributed by atoms with Gasteiger partial charge in [0.1, 0.15) is 0 Å². The van der Waals surface area contributed by atoms with Crippen LogP contribution in [0, 0.1) is 6.92 Å². The lowest BCUT2D eigenvalue weighted by Gasteiger charge is -2.23. The van der Waals surface area contributed by atoms with Crippen molar-refractivity contribution in [1.29, 1.82) is 0 Å². The van der Waals surface area contributed by atoms with Crippen molar-refractivity contribution < 1.29 is 4.74 Å². The minimum Gasteiger partial charge on any atom is -0.385 e. The smallest absolute Gasteiger partial charge is 0.0620 e. The number of rotatable bonds is 4. The lowest BCUT2D eigenvalue weighted by Crippen LogP contribution is -2.42. The van der Waals surface area contributed by atoms with Gasteiger partial charge in [0, 0.05) is 24.8 Å². The predicted octanol–water partition coefficient (Wildman–Crippen LogP) is 1.79. The average Bonchev–Trinajstić information content (AvgIpc) is 2.33. The second-order valence-electron chi connectivity index (χ2n) is 4.31. The SMILES string of the molecule is Cc1ccc(NCCC2COCCN2)cc1. The molecule has 0 saturated carbocycles. The predicted molar refractivity (Wildman–Crippen MR) is 66.9 cm³/mol. The number of nitrogens with one attached hydrogen (secondary N) is 2. The highest BCUT2D eigenvalue weighted by atomic mass is 16.5. The number of ether oxygens (including phenoxy) is 1. The summed E-state index contributed by atoms with van der Waals surface area (Å²) in [6.45, 7) is 5.77. The van der Waals surface area contributed by atoms with Gasteiger partial charge in [-0.1, -0.05) is 17.7 Å². The molecule has 0 aromatic heterocycles. The van der Waals surface area contributed by atoms with Crippen molar-refractivity contribution in [2.45, 2.75) is 19.4 Å². The number of hydrogen-bond donors (Lipinski definition) is 2. The van der Waals surface area contributed by atoms with Crippen LogP contribution in [0.15, 0.2) is 24.3 Å². The summed E-state index contributed by atoms with van der Waals surface area (Å²) in [6, 6.07) is 9.02. The van der Waals surface area contributed by atoms with E-state index in [1.807, 2.05) is 0 Å². The van der Waals surface area contributed by atoms with Crippen molar-refractivity contribution in [2.24, 2.45) is 0 Å². The fourth-order valence-corrected chi connectivity index (χ4v) is 1.87. The minimum absolute atomic E-state index is 0.506. The molecule has 2 N–H and O–H groups in total. The summed E-state index contributed by atoms with van der Waals surface area (Å²) in [5.41, 5.74) is 2.50. The molecule has 1 heterocycles. The third-order valence-corrected chi connectivity index (χ3v) is 2.87. The molecule has 1 fully saturated rings. The Morgan fingerprint density at radius 2 is 2.19 bits per heavy atom. The van der Waals surface area contributed by atoms with Gasteiger partial charge in [0.25, 0.3) is 0 Å². The van der Waals surface area contributed by atoms with Crippen molar-refractivity contribution in [1.82, 2.24) is 5.32 Å². The fourth-order valence-electron chi connectivity index (χ4n) is 1.87. The Balaban J connectivity index is 1.69. The molecule has 1 aliphatic rings. The van der Waals surface area contributed by atoms with Crippen LogP contribution in [-0.4, -0.2) is 32.3 Å². The molecule has 0 spiro atoms. The maximum atomic E-state index is 5.41. The molecule has 0 radical (unpaired) electrons. The van der Waals surface area contributed by atoms with E-state index in [1.165, 1.54) is 11.3 Å². The number of benzene rings is 1. The van der Waals surface area contributed by atoms with E-state index in [4.69, 9.17) is 4.74 Å². The van der Waals surface area contributed by atoms with Gasteiger partial charge in [-0.15, -0.1) is 0 Å². The molecule has 0 bridgehead atoms. The van der Waals surface area contributed by atoms with Crippen molar-refractivity contribution in [2.75, 3.05) is 31.6 Å². The summed E-state index contributed by atoms with van der Waals surface area (Å²) in [5, 5.41) is 6.87. The molecule has 3 heteroatoms. The third kappa shape index (κ3) is 3.51. The molecule has 1 unspecified atom stereocenters. The van der Waals surface area contributed by atoms with E-state index in [0.717, 1.165) is 32.7 Å². The van der Waals surface area contributed by atoms with Crippen LogP contribution in [0.4, 0.5) is 5.69 Å². The van der Waals surface area contributed by atoms with Gasteiger partial charge in [-0.2, -0.15) is 0 Å². The lowest BCUT2D eigenvalue weighted by molar-refractivity contribution is 0.0753. The van der Waals surface area contributed by atoms with Crippen LogP contribution in [0.25, 0.3) is 0 Å². The van der Waals surface area contributed by atoms with Gasteiger partial charge < -0.3 is 15.4 Å². The summed E-state index contributed by atoms with van der Waals surface area (Å²) < 4.78 is 5.41. The van der Waals surface area contributed by atoms with Crippen molar-refractivity contribution >= 4 is 5.69 Å². The van der Waals surface area contributed by atoms with E-state index in [2.05, 4.69) is 41.8 Å². The van der Waals surface area contributed by atoms with Crippen LogP contribution < -0.4 is 10.6 Å². The quantitative estimate of drug-likeness (QED) is 0.811. The van der Waals surface area contributed by atoms with E-state index in [1.54, 1.807) is 0 Å². The fraction of sp³-hybridized carbons (Fsp3) is 0.538. The number of aryl methyl sites for hydroxylation is 1. The highest BCUT2D eigenvalue weighted by Gasteiger charge is 2.11. The Kier molecular flexibility index (Phi) is 4.19. The first-order chi connectivity index (χ1) is 7.84. The zero-order chi connectivity index (χ0) is 11.2. The van der Waals surface area contributed by atoms with Gasteiger partial charge in [0.2, 0.25) is 0 Å². The first kappa shape index (κ1) is 11.4. The molecule has 3 nitrogen and oxygen atoms in total. The van der Waals surface area contributed by atoms with Gasteiger partial charge in [0.05, 0.1) is 13.2 Å². The highest BCUT2D eigenvalue weighted by molar-refractivity contribution is 5.44. The molecule has 0 aliphatic carbocycles. The lowest BCUT2D eigenvalue weighted by atomic mass is 10.2. The first-order valence-corrected chi connectivity index (χ1v) is 5.96. The topological polar surface area (TPSA) is 33.3 Å². The van der Waals surface area contributed by atoms with Crippen LogP contribution in [0.1, 0.15) is 12.0 Å². The van der Waals surface area contributed by atoms with Crippen LogP contribution in [-0.2, 0) is 4.74 Å². The number of anilines is 1. The molecular formula is C13H20N2O. The molecular weight excluding hydrogens is 200 g/mol. The van der Waals surface area contributed by atoms with Gasteiger partial charge in [-0.3, -0.25) is 0 Å². The Bertz CT molecular complexity index is 304. The van der Waals surface area contributed by atoms with E-state index < -0.39 is 0 Å². The summed E-state index contributed by atoms with van der Waals surface area (Å²) in [6.07, 6.45) is 1.11. The molecule has 1 saturated heterocycles. The molecule has 1 aromatic rings. The summed E-state index contributed by atoms with van der Waals surface area (Å²) in [4.78, 5) is 0. The maximum absolute atomic E-state index is 5.41. The first-order valence-electron chi connectivity index (χ1n) is 5.96. The average molecular weight is 220 g/mol. The summed E-state index contributed by atoms with van der Waals surface area (Å²) >= 11 is 0. The van der Waals surface area contributed by atoms with Gasteiger partial charge in [-0.25, -0.2) is 0 Å². The van der Waals surface area contributed by atoms with Crippen molar-refractivity contribution in [3.05, 3.63) is 29.8 Å². The molecule has 1 aliphatic heterocycles. The van der Waals surface area contributed by atoms with E-state index >= 15 is 0 Å².